The molecule has 6 heteroatoms. The summed E-state index contributed by atoms with van der Waals surface area (Å²) >= 11 is 0. The molecule has 0 N–H and O–H groups in total. The maximum Gasteiger partial charge on any atom is 0.452 e. The first-order valence-corrected chi connectivity index (χ1v) is 2.62. The van der Waals surface area contributed by atoms with Gasteiger partial charge in [0.15, 0.2) is 0 Å². The van der Waals surface area contributed by atoms with Gasteiger partial charge in [-0.3, -0.25) is 4.74 Å². The van der Waals surface area contributed by atoms with Crippen LogP contribution in [0.1, 0.15) is 0 Å². The average Bonchev–Trinajstić information content (AvgIpc) is 2.10. The summed E-state index contributed by atoms with van der Waals surface area (Å²) in [5.41, 5.74) is 0. The number of hydrogen-bond acceptors (Lipinski definition) is 1. The molecule has 1 rings (SSSR count). The lowest BCUT2D eigenvalue weighted by Crippen LogP contribution is -2.40. The quantitative estimate of drug-likeness (QED) is 0.403. The van der Waals surface area contributed by atoms with Crippen molar-refractivity contribution in [3.63, 3.8) is 0 Å². The van der Waals surface area contributed by atoms with Crippen LogP contribution in [0, 0.1) is 0 Å². The molecule has 64 valence electrons. The Morgan fingerprint density at radius 1 is 1.36 bits per heavy atom. The lowest BCUT2D eigenvalue weighted by atomic mass is 10.3. The van der Waals surface area contributed by atoms with Crippen LogP contribution in [-0.4, -0.2) is 18.4 Å². The third-order valence-corrected chi connectivity index (χ3v) is 1.13. The second kappa shape index (κ2) is 2.17. The van der Waals surface area contributed by atoms with Crippen molar-refractivity contribution in [1.29, 1.82) is 0 Å². The van der Waals surface area contributed by atoms with Crippen molar-refractivity contribution in [2.75, 3.05) is 0 Å². The lowest BCUT2D eigenvalue weighted by Gasteiger charge is -2.20. The monoisotopic (exact) mass is 174 g/mol. The molecular weight excluding hydrogens is 171 g/mol. The first-order chi connectivity index (χ1) is 4.85. The van der Waals surface area contributed by atoms with E-state index in [1.54, 1.807) is 0 Å². The highest BCUT2D eigenvalue weighted by molar-refractivity contribution is 5.07. The highest BCUT2D eigenvalue weighted by atomic mass is 19.4. The van der Waals surface area contributed by atoms with E-state index in [-0.39, 0.29) is 6.08 Å². The molecule has 0 amide bonds. The summed E-state index contributed by atoms with van der Waals surface area (Å²) in [6, 6.07) is 0. The van der Waals surface area contributed by atoms with Gasteiger partial charge in [-0.1, -0.05) is 0 Å². The van der Waals surface area contributed by atoms with Crippen LogP contribution in [0.2, 0.25) is 0 Å². The summed E-state index contributed by atoms with van der Waals surface area (Å²) in [4.78, 5) is 0. The van der Waals surface area contributed by atoms with Crippen molar-refractivity contribution in [1.82, 2.24) is 0 Å². The van der Waals surface area contributed by atoms with Gasteiger partial charge in [0, 0.05) is 0 Å². The summed E-state index contributed by atoms with van der Waals surface area (Å²) in [6.45, 7) is 0. The van der Waals surface area contributed by atoms with Gasteiger partial charge in [0.1, 0.15) is 0 Å². The molecule has 0 radical (unpaired) electrons. The fourth-order valence-corrected chi connectivity index (χ4v) is 0.603. The van der Waals surface area contributed by atoms with E-state index in [4.69, 9.17) is 0 Å². The van der Waals surface area contributed by atoms with E-state index in [9.17, 15) is 22.0 Å². The van der Waals surface area contributed by atoms with E-state index < -0.39 is 18.4 Å². The number of alkyl halides is 5. The van der Waals surface area contributed by atoms with Crippen molar-refractivity contribution in [2.45, 2.75) is 18.4 Å². The topological polar surface area (TPSA) is 9.23 Å². The second-order valence-corrected chi connectivity index (χ2v) is 1.97. The molecule has 0 fully saturated rings. The summed E-state index contributed by atoms with van der Waals surface area (Å²) in [6.07, 6.45) is -7.16. The molecule has 0 saturated carbocycles. The summed E-state index contributed by atoms with van der Waals surface area (Å²) in [5, 5.41) is 0. The molecule has 0 aliphatic carbocycles. The molecule has 2 unspecified atom stereocenters. The summed E-state index contributed by atoms with van der Waals surface area (Å²) < 4.78 is 62.4. The van der Waals surface area contributed by atoms with Crippen molar-refractivity contribution in [2.24, 2.45) is 0 Å². The predicted octanol–water partition coefficient (Wildman–Crippen LogP) is 2.10. The Hall–Kier alpha value is -0.650. The molecule has 2 atom stereocenters. The molecule has 1 nitrogen and oxygen atoms in total. The second-order valence-electron chi connectivity index (χ2n) is 1.97. The van der Waals surface area contributed by atoms with Crippen LogP contribution in [0.4, 0.5) is 22.0 Å². The number of ether oxygens (including phenoxy) is 1. The zero-order chi connectivity index (χ0) is 8.70. The maximum absolute atomic E-state index is 12.4. The fourth-order valence-electron chi connectivity index (χ4n) is 0.603. The molecule has 0 aromatic heterocycles. The van der Waals surface area contributed by atoms with Crippen molar-refractivity contribution >= 4 is 0 Å². The standard InChI is InChI=1S/C5H3F5O/c6-3-1-2-4(7,11-3)5(8,9)10/h1-3H. The molecule has 0 saturated heterocycles. The van der Waals surface area contributed by atoms with E-state index in [1.807, 2.05) is 0 Å². The van der Waals surface area contributed by atoms with Gasteiger partial charge in [-0.15, -0.1) is 0 Å². The molecule has 0 bridgehead atoms. The summed E-state index contributed by atoms with van der Waals surface area (Å²) in [5.74, 6) is -3.95. The molecule has 1 aliphatic rings. The number of halogens is 5. The van der Waals surface area contributed by atoms with Crippen LogP contribution >= 0.6 is 0 Å². The minimum Gasteiger partial charge on any atom is -0.297 e. The zero-order valence-corrected chi connectivity index (χ0v) is 5.03. The zero-order valence-electron chi connectivity index (χ0n) is 5.03. The van der Waals surface area contributed by atoms with Crippen LogP contribution in [0.25, 0.3) is 0 Å². The molecule has 0 aromatic rings. The van der Waals surface area contributed by atoms with Gasteiger partial charge in [0.25, 0.3) is 0 Å². The van der Waals surface area contributed by atoms with Crippen molar-refractivity contribution in [3.05, 3.63) is 12.2 Å². The molecule has 0 spiro atoms. The first-order valence-electron chi connectivity index (χ1n) is 2.62. The van der Waals surface area contributed by atoms with Crippen LogP contribution in [0.15, 0.2) is 12.2 Å². The Bertz CT molecular complexity index is 186. The van der Waals surface area contributed by atoms with E-state index in [0.29, 0.717) is 6.08 Å². The minimum atomic E-state index is -5.22. The largest absolute Gasteiger partial charge is 0.452 e. The molecule has 0 aromatic carbocycles. The van der Waals surface area contributed by atoms with Gasteiger partial charge >= 0.3 is 12.0 Å². The highest BCUT2D eigenvalue weighted by Crippen LogP contribution is 2.40. The smallest absolute Gasteiger partial charge is 0.297 e. The van der Waals surface area contributed by atoms with Gasteiger partial charge in [-0.25, -0.2) is 4.39 Å². The maximum atomic E-state index is 12.4. The Morgan fingerprint density at radius 2 is 1.91 bits per heavy atom. The summed E-state index contributed by atoms with van der Waals surface area (Å²) in [7, 11) is 0. The lowest BCUT2D eigenvalue weighted by molar-refractivity contribution is -0.320. The van der Waals surface area contributed by atoms with Gasteiger partial charge in [0.2, 0.25) is 6.36 Å². The Labute approximate surface area is 58.4 Å². The predicted molar refractivity (Wildman–Crippen MR) is 25.0 cm³/mol. The van der Waals surface area contributed by atoms with E-state index in [1.165, 1.54) is 0 Å². The number of hydrogen-bond donors (Lipinski definition) is 0. The average molecular weight is 174 g/mol. The van der Waals surface area contributed by atoms with Gasteiger partial charge in [-0.05, 0) is 12.2 Å². The SMILES string of the molecule is FC1C=CC(F)(C(F)(F)F)O1. The highest BCUT2D eigenvalue weighted by Gasteiger charge is 2.59. The Kier molecular flexibility index (Phi) is 1.66. The molecule has 1 heterocycles. The van der Waals surface area contributed by atoms with Crippen molar-refractivity contribution in [3.8, 4) is 0 Å². The number of rotatable bonds is 0. The first kappa shape index (κ1) is 8.45. The van der Waals surface area contributed by atoms with E-state index in [0.717, 1.165) is 0 Å². The fraction of sp³-hybridized carbons (Fsp3) is 0.600. The van der Waals surface area contributed by atoms with Gasteiger partial charge < -0.3 is 0 Å². The normalized spacial score (nSPS) is 38.1. The van der Waals surface area contributed by atoms with E-state index >= 15 is 0 Å². The minimum absolute atomic E-state index is 0.0116. The molecular formula is C5H3F5O. The Balaban J connectivity index is 2.79. The van der Waals surface area contributed by atoms with Gasteiger partial charge in [0.05, 0.1) is 0 Å². The van der Waals surface area contributed by atoms with Crippen LogP contribution < -0.4 is 0 Å². The third-order valence-electron chi connectivity index (χ3n) is 1.13. The Morgan fingerprint density at radius 3 is 2.09 bits per heavy atom. The van der Waals surface area contributed by atoms with Gasteiger partial charge in [-0.2, -0.15) is 17.6 Å². The van der Waals surface area contributed by atoms with E-state index in [2.05, 4.69) is 4.74 Å². The molecule has 11 heavy (non-hydrogen) atoms. The van der Waals surface area contributed by atoms with Crippen molar-refractivity contribution < 1.29 is 26.7 Å². The molecule has 1 aliphatic heterocycles. The van der Waals surface area contributed by atoms with Crippen LogP contribution in [0.5, 0.6) is 0 Å². The van der Waals surface area contributed by atoms with Crippen LogP contribution in [-0.2, 0) is 4.74 Å². The van der Waals surface area contributed by atoms with Crippen LogP contribution in [0.3, 0.4) is 0 Å². The third kappa shape index (κ3) is 1.35.